The van der Waals surface area contributed by atoms with Crippen LogP contribution in [-0.2, 0) is 0 Å². The minimum Gasteiger partial charge on any atom is -0.308 e. The predicted octanol–water partition coefficient (Wildman–Crippen LogP) is 5.17. The number of benzene rings is 3. The molecule has 0 aliphatic heterocycles. The van der Waals surface area contributed by atoms with E-state index in [-0.39, 0.29) is 22.5 Å². The van der Waals surface area contributed by atoms with E-state index in [1.165, 1.54) is 42.6 Å². The lowest BCUT2D eigenvalue weighted by Gasteiger charge is -2.11. The van der Waals surface area contributed by atoms with E-state index in [4.69, 9.17) is 16.9 Å². The van der Waals surface area contributed by atoms with Gasteiger partial charge in [0.25, 0.3) is 0 Å². The molecule has 2 N–H and O–H groups in total. The molecule has 0 fully saturated rings. The molecule has 156 valence electrons. The largest absolute Gasteiger partial charge is 0.323 e. The third kappa shape index (κ3) is 4.38. The van der Waals surface area contributed by atoms with E-state index in [1.54, 1.807) is 24.3 Å². The van der Waals surface area contributed by atoms with Gasteiger partial charge in [0, 0.05) is 16.3 Å². The molecule has 9 heteroatoms. The van der Waals surface area contributed by atoms with Gasteiger partial charge < -0.3 is 10.6 Å². The van der Waals surface area contributed by atoms with Gasteiger partial charge in [0.2, 0.25) is 0 Å². The molecule has 32 heavy (non-hydrogen) atoms. The van der Waals surface area contributed by atoms with Crippen LogP contribution in [0.3, 0.4) is 0 Å². The summed E-state index contributed by atoms with van der Waals surface area (Å²) in [4.78, 5) is 33.4. The second-order valence-corrected chi connectivity index (χ2v) is 7.09. The Hall–Kier alpha value is -4.35. The van der Waals surface area contributed by atoms with Crippen LogP contribution >= 0.6 is 11.6 Å². The average Bonchev–Trinajstić information content (AvgIpc) is 2.79. The highest BCUT2D eigenvalue weighted by atomic mass is 35.5. The normalized spacial score (nSPS) is 10.4. The number of aromatic nitrogens is 2. The van der Waals surface area contributed by atoms with Crippen LogP contribution in [0.1, 0.15) is 21.6 Å². The Labute approximate surface area is 186 Å². The molecule has 4 aromatic rings. The molecule has 1 aromatic heterocycles. The number of hydrogen-bond donors (Lipinski definition) is 2. The Balaban J connectivity index is 1.59. The zero-order valence-electron chi connectivity index (χ0n) is 16.3. The fourth-order valence-electron chi connectivity index (χ4n) is 3.02. The first-order chi connectivity index (χ1) is 15.4. The van der Waals surface area contributed by atoms with Crippen molar-refractivity contribution in [3.05, 3.63) is 94.5 Å². The van der Waals surface area contributed by atoms with Gasteiger partial charge in [-0.1, -0.05) is 23.7 Å². The summed E-state index contributed by atoms with van der Waals surface area (Å²) in [5.41, 5.74) is 1.14. The number of nitrogens with one attached hydrogen (secondary N) is 2. The van der Waals surface area contributed by atoms with Gasteiger partial charge in [0.05, 0.1) is 28.5 Å². The quantitative estimate of drug-likeness (QED) is 0.421. The van der Waals surface area contributed by atoms with Crippen molar-refractivity contribution in [2.75, 3.05) is 10.6 Å². The molecule has 1 heterocycles. The second kappa shape index (κ2) is 8.79. The van der Waals surface area contributed by atoms with E-state index < -0.39 is 17.6 Å². The monoisotopic (exact) mass is 445 g/mol. The van der Waals surface area contributed by atoms with E-state index in [9.17, 15) is 9.59 Å². The number of halogens is 2. The van der Waals surface area contributed by atoms with Crippen molar-refractivity contribution < 1.29 is 14.0 Å². The Morgan fingerprint density at radius 3 is 2.59 bits per heavy atom. The van der Waals surface area contributed by atoms with Crippen LogP contribution in [0.4, 0.5) is 20.6 Å². The molecule has 0 radical (unpaired) electrons. The van der Waals surface area contributed by atoms with Crippen molar-refractivity contribution in [2.45, 2.75) is 0 Å². The summed E-state index contributed by atoms with van der Waals surface area (Å²) in [7, 11) is 0. The molecule has 0 aliphatic rings. The molecule has 0 spiro atoms. The van der Waals surface area contributed by atoms with Gasteiger partial charge in [0.1, 0.15) is 6.07 Å². The Morgan fingerprint density at radius 1 is 1.00 bits per heavy atom. The second-order valence-electron chi connectivity index (χ2n) is 6.66. The van der Waals surface area contributed by atoms with Gasteiger partial charge in [-0.15, -0.1) is 0 Å². The molecule has 0 bridgehead atoms. The Morgan fingerprint density at radius 2 is 1.81 bits per heavy atom. The number of fused-ring (bicyclic) bond motifs is 1. The maximum Gasteiger partial charge on any atom is 0.323 e. The number of carbonyl (C=O) groups excluding carboxylic acids is 2. The fourth-order valence-corrected chi connectivity index (χ4v) is 3.21. The number of nitriles is 1. The van der Waals surface area contributed by atoms with Gasteiger partial charge in [0.15, 0.2) is 17.3 Å². The molecule has 0 saturated carbocycles. The number of urea groups is 1. The first kappa shape index (κ1) is 20.9. The molecule has 7 nitrogen and oxygen atoms in total. The van der Waals surface area contributed by atoms with Crippen LogP contribution in [-0.4, -0.2) is 21.8 Å². The average molecular weight is 446 g/mol. The Bertz CT molecular complexity index is 1420. The lowest BCUT2D eigenvalue weighted by atomic mass is 10.0. The summed E-state index contributed by atoms with van der Waals surface area (Å²) < 4.78 is 15.0. The minimum atomic E-state index is -0.879. The van der Waals surface area contributed by atoms with Gasteiger partial charge in [-0.3, -0.25) is 9.78 Å². The van der Waals surface area contributed by atoms with Crippen LogP contribution < -0.4 is 10.6 Å². The van der Waals surface area contributed by atoms with Crippen molar-refractivity contribution in [1.82, 2.24) is 9.97 Å². The van der Waals surface area contributed by atoms with Crippen LogP contribution in [0.15, 0.2) is 66.9 Å². The molecular formula is C23H13ClFN5O2. The van der Waals surface area contributed by atoms with Crippen LogP contribution in [0.5, 0.6) is 0 Å². The van der Waals surface area contributed by atoms with Crippen LogP contribution in [0, 0.1) is 17.1 Å². The smallest absolute Gasteiger partial charge is 0.308 e. The SMILES string of the molecule is N#Cc1cnc2ccc(C(=O)c3cccc(NC(=O)Nc4cccc(Cl)c4)c3F)cc2n1. The summed E-state index contributed by atoms with van der Waals surface area (Å²) in [6.07, 6.45) is 1.33. The molecular weight excluding hydrogens is 433 g/mol. The standard InChI is InChI=1S/C23H13ClFN5O2/c24-14-3-1-4-15(10-14)29-23(32)30-19-6-2-5-17(21(19)25)22(31)13-7-8-18-20(9-13)28-16(11-26)12-27-18/h1-10,12H,(H2,29,30,32). The third-order valence-electron chi connectivity index (χ3n) is 4.49. The maximum atomic E-state index is 15.0. The van der Waals surface area contributed by atoms with Gasteiger partial charge in [-0.25, -0.2) is 14.2 Å². The number of rotatable bonds is 4. The highest BCUT2D eigenvalue weighted by molar-refractivity contribution is 6.30. The summed E-state index contributed by atoms with van der Waals surface area (Å²) in [5.74, 6) is -1.48. The first-order valence-corrected chi connectivity index (χ1v) is 9.66. The van der Waals surface area contributed by atoms with Gasteiger partial charge in [-0.2, -0.15) is 5.26 Å². The zero-order valence-corrected chi connectivity index (χ0v) is 17.0. The topological polar surface area (TPSA) is 108 Å². The molecule has 0 saturated heterocycles. The van der Waals surface area contributed by atoms with E-state index in [0.29, 0.717) is 21.7 Å². The predicted molar refractivity (Wildman–Crippen MR) is 118 cm³/mol. The van der Waals surface area contributed by atoms with Crippen LogP contribution in [0.25, 0.3) is 11.0 Å². The fraction of sp³-hybridized carbons (Fsp3) is 0. The maximum absolute atomic E-state index is 15.0. The molecule has 2 amide bonds. The Kier molecular flexibility index (Phi) is 5.75. The first-order valence-electron chi connectivity index (χ1n) is 9.28. The lowest BCUT2D eigenvalue weighted by Crippen LogP contribution is -2.20. The van der Waals surface area contributed by atoms with Gasteiger partial charge in [-0.05, 0) is 48.5 Å². The van der Waals surface area contributed by atoms with Gasteiger partial charge >= 0.3 is 6.03 Å². The van der Waals surface area contributed by atoms with E-state index in [1.807, 2.05) is 6.07 Å². The highest BCUT2D eigenvalue weighted by Gasteiger charge is 2.19. The van der Waals surface area contributed by atoms with Crippen molar-refractivity contribution >= 4 is 45.8 Å². The van der Waals surface area contributed by atoms with E-state index in [0.717, 1.165) is 0 Å². The number of carbonyl (C=O) groups is 2. The summed E-state index contributed by atoms with van der Waals surface area (Å²) >= 11 is 5.89. The summed E-state index contributed by atoms with van der Waals surface area (Å²) in [5, 5.41) is 14.4. The minimum absolute atomic E-state index is 0.102. The lowest BCUT2D eigenvalue weighted by molar-refractivity contribution is 0.103. The van der Waals surface area contributed by atoms with E-state index >= 15 is 4.39 Å². The number of hydrogen-bond acceptors (Lipinski definition) is 5. The summed E-state index contributed by atoms with van der Waals surface area (Å²) in [6, 6.07) is 16.3. The number of amides is 2. The number of anilines is 2. The van der Waals surface area contributed by atoms with Crippen molar-refractivity contribution in [1.29, 1.82) is 5.26 Å². The van der Waals surface area contributed by atoms with E-state index in [2.05, 4.69) is 20.6 Å². The van der Waals surface area contributed by atoms with Crippen molar-refractivity contribution in [3.8, 4) is 6.07 Å². The number of ketones is 1. The zero-order chi connectivity index (χ0) is 22.7. The highest BCUT2D eigenvalue weighted by Crippen LogP contribution is 2.23. The van der Waals surface area contributed by atoms with Crippen molar-refractivity contribution in [3.63, 3.8) is 0 Å². The molecule has 4 rings (SSSR count). The molecule has 0 unspecified atom stereocenters. The molecule has 0 atom stereocenters. The summed E-state index contributed by atoms with van der Waals surface area (Å²) in [6.45, 7) is 0. The number of nitrogens with zero attached hydrogens (tertiary/aromatic N) is 3. The van der Waals surface area contributed by atoms with Crippen molar-refractivity contribution in [2.24, 2.45) is 0 Å². The van der Waals surface area contributed by atoms with Crippen LogP contribution in [0.2, 0.25) is 5.02 Å². The molecule has 3 aromatic carbocycles. The molecule has 0 aliphatic carbocycles. The third-order valence-corrected chi connectivity index (χ3v) is 4.73.